The highest BCUT2D eigenvalue weighted by molar-refractivity contribution is 5.96. The van der Waals surface area contributed by atoms with E-state index in [-0.39, 0.29) is 17.3 Å². The molecule has 0 bridgehead atoms. The number of hydrogen-bond donors (Lipinski definition) is 0. The highest BCUT2D eigenvalue weighted by Gasteiger charge is 2.38. The van der Waals surface area contributed by atoms with Gasteiger partial charge in [0.05, 0.1) is 23.3 Å². The van der Waals surface area contributed by atoms with Gasteiger partial charge in [-0.05, 0) is 47.8 Å². The standard InChI is InChI=1S/C36H32FN3O/c37-31-23-24-38-32(21-22-34(41)27-13-5-1-6-14-27)35(31)33-25-40(26-39-33)36(28-15-7-2-8-16-28,29-17-9-3-10-18-29)30-19-11-4-12-20-30/h2-4,7-12,15-27H,1,5-6,13-14H2/b22-21+. The SMILES string of the molecule is O=C(/C=C/c1nccc(F)c1-c1cn(C(c2ccccc2)(c2ccccc2)c2ccccc2)cn1)C1CCCCC1. The maximum absolute atomic E-state index is 15.5. The van der Waals surface area contributed by atoms with Crippen molar-refractivity contribution in [3.05, 3.63) is 150 Å². The van der Waals surface area contributed by atoms with E-state index in [1.807, 2.05) is 60.8 Å². The number of benzene rings is 3. The summed E-state index contributed by atoms with van der Waals surface area (Å²) in [5, 5.41) is 0. The lowest BCUT2D eigenvalue weighted by molar-refractivity contribution is -0.119. The third-order valence-electron chi connectivity index (χ3n) is 8.14. The van der Waals surface area contributed by atoms with Crippen LogP contribution in [0, 0.1) is 11.7 Å². The molecule has 2 aromatic heterocycles. The molecule has 0 atom stereocenters. The van der Waals surface area contributed by atoms with Crippen LogP contribution in [0.25, 0.3) is 17.3 Å². The second kappa shape index (κ2) is 11.8. The van der Waals surface area contributed by atoms with Crippen LogP contribution in [0.5, 0.6) is 0 Å². The van der Waals surface area contributed by atoms with Gasteiger partial charge in [0.2, 0.25) is 0 Å². The highest BCUT2D eigenvalue weighted by atomic mass is 19.1. The Bertz CT molecular complexity index is 1540. The van der Waals surface area contributed by atoms with Crippen LogP contribution in [0.2, 0.25) is 0 Å². The average molecular weight is 542 g/mol. The number of halogens is 1. The Morgan fingerprint density at radius 2 is 1.34 bits per heavy atom. The molecule has 1 saturated carbocycles. The molecule has 0 amide bonds. The normalized spacial score (nSPS) is 14.4. The second-order valence-corrected chi connectivity index (χ2v) is 10.6. The van der Waals surface area contributed by atoms with Gasteiger partial charge in [-0.3, -0.25) is 9.78 Å². The molecular weight excluding hydrogens is 509 g/mol. The van der Waals surface area contributed by atoms with E-state index in [2.05, 4.69) is 45.9 Å². The minimum atomic E-state index is -0.763. The molecule has 0 saturated heterocycles. The zero-order chi connectivity index (χ0) is 28.1. The van der Waals surface area contributed by atoms with Crippen molar-refractivity contribution in [3.8, 4) is 11.3 Å². The van der Waals surface area contributed by atoms with E-state index >= 15 is 4.39 Å². The van der Waals surface area contributed by atoms with Gasteiger partial charge in [0.25, 0.3) is 0 Å². The molecule has 0 unspecified atom stereocenters. The summed E-state index contributed by atoms with van der Waals surface area (Å²) in [4.78, 5) is 22.1. The minimum Gasteiger partial charge on any atom is -0.318 e. The zero-order valence-corrected chi connectivity index (χ0v) is 22.9. The molecule has 6 rings (SSSR count). The van der Waals surface area contributed by atoms with Crippen molar-refractivity contribution in [3.63, 3.8) is 0 Å². The first-order valence-corrected chi connectivity index (χ1v) is 14.3. The van der Waals surface area contributed by atoms with Crippen molar-refractivity contribution >= 4 is 11.9 Å². The molecule has 41 heavy (non-hydrogen) atoms. The first kappa shape index (κ1) is 26.6. The van der Waals surface area contributed by atoms with Crippen LogP contribution in [0.3, 0.4) is 0 Å². The first-order valence-electron chi connectivity index (χ1n) is 14.3. The lowest BCUT2D eigenvalue weighted by Gasteiger charge is -2.37. The van der Waals surface area contributed by atoms with E-state index in [4.69, 9.17) is 4.98 Å². The van der Waals surface area contributed by atoms with E-state index in [0.717, 1.165) is 42.4 Å². The van der Waals surface area contributed by atoms with Crippen LogP contribution in [-0.4, -0.2) is 20.3 Å². The maximum Gasteiger partial charge on any atom is 0.158 e. The third kappa shape index (κ3) is 5.16. The predicted molar refractivity (Wildman–Crippen MR) is 161 cm³/mol. The van der Waals surface area contributed by atoms with Crippen LogP contribution in [0.4, 0.5) is 4.39 Å². The van der Waals surface area contributed by atoms with Crippen LogP contribution in [0.1, 0.15) is 54.5 Å². The van der Waals surface area contributed by atoms with E-state index in [1.54, 1.807) is 18.5 Å². The summed E-state index contributed by atoms with van der Waals surface area (Å²) in [7, 11) is 0. The fourth-order valence-corrected chi connectivity index (χ4v) is 6.14. The van der Waals surface area contributed by atoms with E-state index in [1.165, 1.54) is 18.7 Å². The molecule has 0 N–H and O–H groups in total. The maximum atomic E-state index is 15.5. The molecule has 0 spiro atoms. The fourth-order valence-electron chi connectivity index (χ4n) is 6.14. The van der Waals surface area contributed by atoms with Gasteiger partial charge in [-0.15, -0.1) is 0 Å². The number of allylic oxidation sites excluding steroid dienone is 1. The highest BCUT2D eigenvalue weighted by Crippen LogP contribution is 2.41. The van der Waals surface area contributed by atoms with E-state index < -0.39 is 11.4 Å². The molecule has 0 aliphatic heterocycles. The van der Waals surface area contributed by atoms with Gasteiger partial charge >= 0.3 is 0 Å². The molecule has 1 aliphatic rings. The quantitative estimate of drug-likeness (QED) is 0.147. The average Bonchev–Trinajstić information content (AvgIpc) is 3.52. The van der Waals surface area contributed by atoms with Crippen LogP contribution in [-0.2, 0) is 10.3 Å². The smallest absolute Gasteiger partial charge is 0.158 e. The summed E-state index contributed by atoms with van der Waals surface area (Å²) in [5.74, 6) is -0.303. The Morgan fingerprint density at radius 3 is 1.90 bits per heavy atom. The number of hydrogen-bond acceptors (Lipinski definition) is 3. The van der Waals surface area contributed by atoms with Crippen molar-refractivity contribution in [2.75, 3.05) is 0 Å². The van der Waals surface area contributed by atoms with Gasteiger partial charge in [-0.2, -0.15) is 0 Å². The molecule has 2 heterocycles. The third-order valence-corrected chi connectivity index (χ3v) is 8.14. The monoisotopic (exact) mass is 541 g/mol. The molecular formula is C36H32FN3O. The second-order valence-electron chi connectivity index (χ2n) is 10.6. The molecule has 5 aromatic rings. The number of imidazole rings is 1. The Morgan fingerprint density at radius 1 is 0.780 bits per heavy atom. The number of rotatable bonds is 8. The largest absolute Gasteiger partial charge is 0.318 e. The Labute approximate surface area is 240 Å². The van der Waals surface area contributed by atoms with Crippen molar-refractivity contribution in [2.24, 2.45) is 5.92 Å². The summed E-state index contributed by atoms with van der Waals surface area (Å²) in [6, 6.07) is 32.2. The van der Waals surface area contributed by atoms with Crippen LogP contribution < -0.4 is 0 Å². The van der Waals surface area contributed by atoms with Gasteiger partial charge in [-0.25, -0.2) is 9.37 Å². The molecule has 1 fully saturated rings. The van der Waals surface area contributed by atoms with Crippen molar-refractivity contribution in [1.82, 2.24) is 14.5 Å². The molecule has 5 heteroatoms. The molecule has 1 aliphatic carbocycles. The van der Waals surface area contributed by atoms with Crippen LogP contribution >= 0.6 is 0 Å². The summed E-state index contributed by atoms with van der Waals surface area (Å²) in [5.41, 5.74) is 3.50. The van der Waals surface area contributed by atoms with Crippen LogP contribution in [0.15, 0.2) is 122 Å². The fraction of sp³-hybridized carbons (Fsp3) is 0.194. The Kier molecular flexibility index (Phi) is 7.68. The number of carbonyl (C=O) groups excluding carboxylic acids is 1. The van der Waals surface area contributed by atoms with E-state index in [0.29, 0.717) is 11.4 Å². The minimum absolute atomic E-state index is 0.0412. The van der Waals surface area contributed by atoms with Gasteiger partial charge in [0, 0.05) is 18.3 Å². The number of ketones is 1. The number of pyridine rings is 1. The van der Waals surface area contributed by atoms with Crippen molar-refractivity contribution in [1.29, 1.82) is 0 Å². The Hall–Kier alpha value is -4.64. The Balaban J connectivity index is 1.49. The summed E-state index contributed by atoms with van der Waals surface area (Å²) >= 11 is 0. The van der Waals surface area contributed by atoms with Crippen molar-refractivity contribution in [2.45, 2.75) is 37.6 Å². The van der Waals surface area contributed by atoms with Gasteiger partial charge in [0.15, 0.2) is 5.78 Å². The van der Waals surface area contributed by atoms with Crippen molar-refractivity contribution < 1.29 is 9.18 Å². The lowest BCUT2D eigenvalue weighted by Crippen LogP contribution is -2.36. The lowest BCUT2D eigenvalue weighted by atomic mass is 9.77. The number of nitrogens with zero attached hydrogens (tertiary/aromatic N) is 3. The van der Waals surface area contributed by atoms with E-state index in [9.17, 15) is 4.79 Å². The summed E-state index contributed by atoms with van der Waals surface area (Å²) in [6.07, 6.45) is 13.5. The molecule has 3 aromatic carbocycles. The first-order chi connectivity index (χ1) is 20.2. The zero-order valence-electron chi connectivity index (χ0n) is 22.9. The van der Waals surface area contributed by atoms with Gasteiger partial charge < -0.3 is 4.57 Å². The molecule has 4 nitrogen and oxygen atoms in total. The summed E-state index contributed by atoms with van der Waals surface area (Å²) < 4.78 is 17.5. The molecule has 0 radical (unpaired) electrons. The van der Waals surface area contributed by atoms with Gasteiger partial charge in [-0.1, -0.05) is 110 Å². The summed E-state index contributed by atoms with van der Waals surface area (Å²) in [6.45, 7) is 0. The number of carbonyl (C=O) groups is 1. The number of aromatic nitrogens is 3. The van der Waals surface area contributed by atoms with Gasteiger partial charge in [0.1, 0.15) is 11.4 Å². The molecule has 204 valence electrons. The predicted octanol–water partition coefficient (Wildman–Crippen LogP) is 8.09. The topological polar surface area (TPSA) is 47.8 Å².